The van der Waals surface area contributed by atoms with Gasteiger partial charge in [-0.1, -0.05) is 13.3 Å². The van der Waals surface area contributed by atoms with Crippen molar-refractivity contribution in [1.29, 1.82) is 0 Å². The zero-order valence-corrected chi connectivity index (χ0v) is 9.67. The molecule has 0 aliphatic carbocycles. The number of amides is 2. The van der Waals surface area contributed by atoms with Crippen LogP contribution < -0.4 is 16.4 Å². The van der Waals surface area contributed by atoms with Crippen LogP contribution in [-0.4, -0.2) is 30.4 Å². The van der Waals surface area contributed by atoms with E-state index in [2.05, 4.69) is 10.6 Å². The number of carbonyl (C=O) groups excluding carboxylic acids is 2. The Hall–Kier alpha value is -1.10. The smallest absolute Gasteiger partial charge is 0.239 e. The second-order valence-corrected chi connectivity index (χ2v) is 3.84. The van der Waals surface area contributed by atoms with Gasteiger partial charge >= 0.3 is 0 Å². The van der Waals surface area contributed by atoms with Gasteiger partial charge in [-0.15, -0.1) is 0 Å². The van der Waals surface area contributed by atoms with Crippen molar-refractivity contribution in [3.63, 3.8) is 0 Å². The number of rotatable bonds is 6. The highest BCUT2D eigenvalue weighted by Crippen LogP contribution is 1.92. The van der Waals surface area contributed by atoms with E-state index >= 15 is 0 Å². The molecule has 5 nitrogen and oxygen atoms in total. The van der Waals surface area contributed by atoms with Crippen molar-refractivity contribution in [2.45, 2.75) is 45.7 Å². The van der Waals surface area contributed by atoms with Gasteiger partial charge in [-0.2, -0.15) is 0 Å². The summed E-state index contributed by atoms with van der Waals surface area (Å²) in [7, 11) is 0. The lowest BCUT2D eigenvalue weighted by Crippen LogP contribution is -2.45. The van der Waals surface area contributed by atoms with Gasteiger partial charge in [-0.05, 0) is 20.3 Å². The van der Waals surface area contributed by atoms with E-state index in [1.54, 1.807) is 0 Å². The Morgan fingerprint density at radius 2 is 1.93 bits per heavy atom. The molecule has 5 heteroatoms. The van der Waals surface area contributed by atoms with Crippen LogP contribution in [0.5, 0.6) is 0 Å². The molecule has 0 saturated heterocycles. The quantitative estimate of drug-likeness (QED) is 0.571. The van der Waals surface area contributed by atoms with E-state index in [0.29, 0.717) is 6.42 Å². The molecular formula is C10H21N3O2. The first-order chi connectivity index (χ1) is 6.97. The molecule has 0 bridgehead atoms. The molecule has 1 unspecified atom stereocenters. The number of nitrogens with one attached hydrogen (secondary N) is 2. The third-order valence-electron chi connectivity index (χ3n) is 1.81. The summed E-state index contributed by atoms with van der Waals surface area (Å²) in [5, 5.41) is 5.17. The molecule has 88 valence electrons. The molecule has 0 aromatic carbocycles. The molecule has 0 aromatic heterocycles. The van der Waals surface area contributed by atoms with Crippen LogP contribution in [0.25, 0.3) is 0 Å². The van der Waals surface area contributed by atoms with Crippen LogP contribution in [0.1, 0.15) is 33.6 Å². The van der Waals surface area contributed by atoms with E-state index in [1.807, 2.05) is 20.8 Å². The Bertz CT molecular complexity index is 217. The molecule has 0 radical (unpaired) electrons. The normalized spacial score (nSPS) is 12.3. The van der Waals surface area contributed by atoms with Crippen molar-refractivity contribution < 1.29 is 9.59 Å². The van der Waals surface area contributed by atoms with E-state index in [4.69, 9.17) is 5.73 Å². The van der Waals surface area contributed by atoms with Gasteiger partial charge in [0.15, 0.2) is 0 Å². The highest BCUT2D eigenvalue weighted by Gasteiger charge is 2.13. The molecule has 2 amide bonds. The van der Waals surface area contributed by atoms with Crippen molar-refractivity contribution in [1.82, 2.24) is 10.6 Å². The predicted octanol–water partition coefficient (Wildman–Crippen LogP) is -0.245. The monoisotopic (exact) mass is 215 g/mol. The Morgan fingerprint density at radius 3 is 2.40 bits per heavy atom. The Morgan fingerprint density at radius 1 is 1.33 bits per heavy atom. The van der Waals surface area contributed by atoms with Crippen LogP contribution in [0.3, 0.4) is 0 Å². The van der Waals surface area contributed by atoms with E-state index in [9.17, 15) is 9.59 Å². The van der Waals surface area contributed by atoms with Gasteiger partial charge in [0.2, 0.25) is 11.8 Å². The summed E-state index contributed by atoms with van der Waals surface area (Å²) < 4.78 is 0. The lowest BCUT2D eigenvalue weighted by molar-refractivity contribution is -0.127. The van der Waals surface area contributed by atoms with Crippen molar-refractivity contribution in [2.24, 2.45) is 5.73 Å². The van der Waals surface area contributed by atoms with Gasteiger partial charge in [0.05, 0.1) is 12.6 Å². The minimum atomic E-state index is -0.512. The van der Waals surface area contributed by atoms with Crippen LogP contribution >= 0.6 is 0 Å². The van der Waals surface area contributed by atoms with Crippen molar-refractivity contribution in [3.05, 3.63) is 0 Å². The molecule has 0 fully saturated rings. The summed E-state index contributed by atoms with van der Waals surface area (Å²) >= 11 is 0. The fourth-order valence-electron chi connectivity index (χ4n) is 1.11. The lowest BCUT2D eigenvalue weighted by Gasteiger charge is -2.12. The Labute approximate surface area is 90.8 Å². The molecule has 0 aliphatic rings. The van der Waals surface area contributed by atoms with Crippen molar-refractivity contribution in [3.8, 4) is 0 Å². The lowest BCUT2D eigenvalue weighted by atomic mass is 10.2. The van der Waals surface area contributed by atoms with Crippen molar-refractivity contribution >= 4 is 11.8 Å². The molecule has 0 aliphatic heterocycles. The van der Waals surface area contributed by atoms with Gasteiger partial charge in [0.1, 0.15) is 0 Å². The predicted molar refractivity (Wildman–Crippen MR) is 59.2 cm³/mol. The Balaban J connectivity index is 3.75. The second-order valence-electron chi connectivity index (χ2n) is 3.84. The van der Waals surface area contributed by atoms with E-state index in [0.717, 1.165) is 6.42 Å². The summed E-state index contributed by atoms with van der Waals surface area (Å²) in [5.41, 5.74) is 5.57. The fourth-order valence-corrected chi connectivity index (χ4v) is 1.11. The number of hydrogen-bond donors (Lipinski definition) is 3. The number of nitrogens with two attached hydrogens (primary N) is 1. The van der Waals surface area contributed by atoms with Crippen LogP contribution in [-0.2, 0) is 9.59 Å². The molecule has 0 spiro atoms. The Kier molecular flexibility index (Phi) is 6.70. The third kappa shape index (κ3) is 6.90. The first kappa shape index (κ1) is 13.9. The molecular weight excluding hydrogens is 194 g/mol. The zero-order chi connectivity index (χ0) is 11.8. The van der Waals surface area contributed by atoms with Crippen LogP contribution in [0.15, 0.2) is 0 Å². The SMILES string of the molecule is CCCC(N)C(=O)NCC(=O)NC(C)C. The number of hydrogen-bond acceptors (Lipinski definition) is 3. The topological polar surface area (TPSA) is 84.2 Å². The largest absolute Gasteiger partial charge is 0.352 e. The van der Waals surface area contributed by atoms with Crippen molar-refractivity contribution in [2.75, 3.05) is 6.54 Å². The highest BCUT2D eigenvalue weighted by molar-refractivity contribution is 5.87. The first-order valence-corrected chi connectivity index (χ1v) is 5.30. The molecule has 0 heterocycles. The molecule has 1 atom stereocenters. The van der Waals surface area contributed by atoms with Gasteiger partial charge in [0, 0.05) is 6.04 Å². The molecule has 0 saturated carbocycles. The summed E-state index contributed by atoms with van der Waals surface area (Å²) in [6.07, 6.45) is 1.49. The van der Waals surface area contributed by atoms with Gasteiger partial charge in [0.25, 0.3) is 0 Å². The van der Waals surface area contributed by atoms with Crippen LogP contribution in [0.4, 0.5) is 0 Å². The highest BCUT2D eigenvalue weighted by atomic mass is 16.2. The molecule has 15 heavy (non-hydrogen) atoms. The van der Waals surface area contributed by atoms with E-state index < -0.39 is 6.04 Å². The van der Waals surface area contributed by atoms with Crippen LogP contribution in [0, 0.1) is 0 Å². The van der Waals surface area contributed by atoms with Gasteiger partial charge in [-0.25, -0.2) is 0 Å². The second kappa shape index (κ2) is 7.23. The summed E-state index contributed by atoms with van der Waals surface area (Å²) in [6, 6.07) is -0.430. The maximum atomic E-state index is 11.3. The van der Waals surface area contributed by atoms with E-state index in [-0.39, 0.29) is 24.4 Å². The average Bonchev–Trinajstić information content (AvgIpc) is 2.13. The minimum Gasteiger partial charge on any atom is -0.352 e. The third-order valence-corrected chi connectivity index (χ3v) is 1.81. The summed E-state index contributed by atoms with van der Waals surface area (Å²) in [6.45, 7) is 5.68. The molecule has 0 rings (SSSR count). The van der Waals surface area contributed by atoms with Gasteiger partial charge < -0.3 is 16.4 Å². The minimum absolute atomic E-state index is 0.00553. The zero-order valence-electron chi connectivity index (χ0n) is 9.67. The maximum Gasteiger partial charge on any atom is 0.239 e. The summed E-state index contributed by atoms with van der Waals surface area (Å²) in [4.78, 5) is 22.5. The molecule has 0 aromatic rings. The molecule has 4 N–H and O–H groups in total. The fraction of sp³-hybridized carbons (Fsp3) is 0.800. The standard InChI is InChI=1S/C10H21N3O2/c1-4-5-8(11)10(15)12-6-9(14)13-7(2)3/h7-8H,4-6,11H2,1-3H3,(H,12,15)(H,13,14). The van der Waals surface area contributed by atoms with Gasteiger partial charge in [-0.3, -0.25) is 9.59 Å². The number of carbonyl (C=O) groups is 2. The van der Waals surface area contributed by atoms with E-state index in [1.165, 1.54) is 0 Å². The summed E-state index contributed by atoms with van der Waals surface area (Å²) in [5.74, 6) is -0.460. The first-order valence-electron chi connectivity index (χ1n) is 5.30. The van der Waals surface area contributed by atoms with Crippen LogP contribution in [0.2, 0.25) is 0 Å². The average molecular weight is 215 g/mol. The maximum absolute atomic E-state index is 11.3.